The molecule has 0 atom stereocenters. The first-order valence-electron chi connectivity index (χ1n) is 8.95. The van der Waals surface area contributed by atoms with Crippen LogP contribution in [0.1, 0.15) is 44.1 Å². The number of halogens is 1. The highest BCUT2D eigenvalue weighted by molar-refractivity contribution is 9.09. The number of ether oxygens (including phenoxy) is 1. The average molecular weight is 421 g/mol. The Kier molecular flexibility index (Phi) is 9.08. The number of unbranched alkanes of at least 4 members (excludes halogenated alkanes) is 4. The Bertz CT molecular complexity index is 786. The van der Waals surface area contributed by atoms with Crippen molar-refractivity contribution in [2.45, 2.75) is 38.5 Å². The lowest BCUT2D eigenvalue weighted by Gasteiger charge is -2.03. The third-order valence-electron chi connectivity index (χ3n) is 3.86. The summed E-state index contributed by atoms with van der Waals surface area (Å²) in [7, 11) is 0. The van der Waals surface area contributed by atoms with E-state index in [0.717, 1.165) is 43.4 Å². The van der Waals surface area contributed by atoms with Gasteiger partial charge in [0.15, 0.2) is 0 Å². The Balaban J connectivity index is 1.72. The van der Waals surface area contributed by atoms with E-state index in [2.05, 4.69) is 32.8 Å². The van der Waals surface area contributed by atoms with Gasteiger partial charge in [0, 0.05) is 30.5 Å². The summed E-state index contributed by atoms with van der Waals surface area (Å²) in [5, 5.41) is 10.8. The third kappa shape index (κ3) is 6.74. The number of H-pyrrole nitrogens is 1. The van der Waals surface area contributed by atoms with Crippen LogP contribution >= 0.6 is 15.9 Å². The van der Waals surface area contributed by atoms with Crippen LogP contribution in [-0.2, 0) is 4.74 Å². The number of aromatic nitrogens is 2. The second kappa shape index (κ2) is 11.6. The second-order valence-electron chi connectivity index (χ2n) is 5.96. The largest absolute Gasteiger partial charge is 0.493 e. The summed E-state index contributed by atoms with van der Waals surface area (Å²) in [6.45, 7) is 1.56. The van der Waals surface area contributed by atoms with Crippen LogP contribution in [0, 0.1) is 11.8 Å². The van der Waals surface area contributed by atoms with Gasteiger partial charge >= 0.3 is 5.69 Å². The van der Waals surface area contributed by atoms with Crippen LogP contribution in [-0.4, -0.2) is 33.2 Å². The fourth-order valence-electron chi connectivity index (χ4n) is 2.51. The van der Waals surface area contributed by atoms with E-state index in [1.165, 1.54) is 30.0 Å². The van der Waals surface area contributed by atoms with Crippen LogP contribution in [0.2, 0.25) is 0 Å². The maximum Gasteiger partial charge on any atom is 0.333 e. The van der Waals surface area contributed by atoms with Crippen LogP contribution < -0.4 is 5.69 Å². The number of imidazole rings is 1. The van der Waals surface area contributed by atoms with Crippen molar-refractivity contribution in [3.8, 4) is 23.4 Å². The summed E-state index contributed by atoms with van der Waals surface area (Å²) in [5.41, 5.74) is 1.02. The van der Waals surface area contributed by atoms with Gasteiger partial charge in [-0.3, -0.25) is 0 Å². The Morgan fingerprint density at radius 2 is 1.96 bits per heavy atom. The van der Waals surface area contributed by atoms with Gasteiger partial charge in [0.2, 0.25) is 5.88 Å². The third-order valence-corrected chi connectivity index (χ3v) is 4.42. The Hall–Kier alpha value is -1.97. The van der Waals surface area contributed by atoms with E-state index in [1.54, 1.807) is 12.1 Å². The van der Waals surface area contributed by atoms with E-state index in [0.29, 0.717) is 5.69 Å². The first-order chi connectivity index (χ1) is 12.7. The maximum atomic E-state index is 11.7. The summed E-state index contributed by atoms with van der Waals surface area (Å²) < 4.78 is 6.82. The number of nitrogens with zero attached hydrogens (tertiary/aromatic N) is 1. The van der Waals surface area contributed by atoms with Gasteiger partial charge in [-0.1, -0.05) is 46.7 Å². The van der Waals surface area contributed by atoms with Crippen LogP contribution in [0.5, 0.6) is 5.88 Å². The predicted molar refractivity (Wildman–Crippen MR) is 107 cm³/mol. The molecule has 0 saturated heterocycles. The molecule has 2 aromatic rings. The van der Waals surface area contributed by atoms with E-state index in [9.17, 15) is 9.90 Å². The number of aromatic hydroxyl groups is 1. The maximum absolute atomic E-state index is 11.7. The summed E-state index contributed by atoms with van der Waals surface area (Å²) in [4.78, 5) is 14.2. The first kappa shape index (κ1) is 20.3. The highest BCUT2D eigenvalue weighted by Crippen LogP contribution is 2.14. The Labute approximate surface area is 162 Å². The molecule has 0 bridgehead atoms. The zero-order valence-electron chi connectivity index (χ0n) is 14.8. The lowest BCUT2D eigenvalue weighted by Crippen LogP contribution is -2.14. The molecule has 0 fully saturated rings. The second-order valence-corrected chi connectivity index (χ2v) is 6.75. The molecular formula is C20H25BrN2O3. The van der Waals surface area contributed by atoms with Gasteiger partial charge in [-0.2, -0.15) is 0 Å². The summed E-state index contributed by atoms with van der Waals surface area (Å²) in [6, 6.07) is 7.24. The molecular weight excluding hydrogens is 396 g/mol. The van der Waals surface area contributed by atoms with E-state index in [4.69, 9.17) is 4.74 Å². The van der Waals surface area contributed by atoms with Crippen molar-refractivity contribution in [3.05, 3.63) is 46.5 Å². The predicted octanol–water partition coefficient (Wildman–Crippen LogP) is 3.97. The molecule has 0 saturated carbocycles. The molecule has 26 heavy (non-hydrogen) atoms. The van der Waals surface area contributed by atoms with Crippen molar-refractivity contribution >= 4 is 15.9 Å². The molecule has 0 spiro atoms. The number of alkyl halides is 1. The highest BCUT2D eigenvalue weighted by Gasteiger charge is 2.06. The standard InChI is InChI=1S/C20H25BrN2O3/c21-12-5-1-2-6-13-26-14-7-3-4-9-17-10-8-11-18(15-17)23-19(24)16-22-20(23)25/h8,10-11,15-16,24H,1-3,5-7,12-14H2,(H,22,25). The highest BCUT2D eigenvalue weighted by atomic mass is 79.9. The molecule has 0 aliphatic rings. The van der Waals surface area contributed by atoms with Gasteiger partial charge in [0.1, 0.15) is 0 Å². The van der Waals surface area contributed by atoms with Gasteiger partial charge in [-0.25, -0.2) is 9.36 Å². The summed E-state index contributed by atoms with van der Waals surface area (Å²) >= 11 is 3.43. The molecule has 0 amide bonds. The van der Waals surface area contributed by atoms with E-state index < -0.39 is 0 Å². The molecule has 6 heteroatoms. The van der Waals surface area contributed by atoms with Crippen LogP contribution in [0.25, 0.3) is 5.69 Å². The van der Waals surface area contributed by atoms with Crippen molar-refractivity contribution in [3.63, 3.8) is 0 Å². The monoisotopic (exact) mass is 420 g/mol. The molecule has 1 aromatic carbocycles. The summed E-state index contributed by atoms with van der Waals surface area (Å²) in [5.74, 6) is 6.10. The molecule has 140 valence electrons. The molecule has 2 rings (SSSR count). The van der Waals surface area contributed by atoms with Crippen molar-refractivity contribution in [2.75, 3.05) is 18.5 Å². The van der Waals surface area contributed by atoms with Crippen LogP contribution in [0.15, 0.2) is 35.3 Å². The Morgan fingerprint density at radius 1 is 1.15 bits per heavy atom. The van der Waals surface area contributed by atoms with Gasteiger partial charge < -0.3 is 14.8 Å². The fraction of sp³-hybridized carbons (Fsp3) is 0.450. The van der Waals surface area contributed by atoms with Gasteiger partial charge in [-0.05, 0) is 37.5 Å². The topological polar surface area (TPSA) is 67.2 Å². The van der Waals surface area contributed by atoms with Crippen molar-refractivity contribution < 1.29 is 9.84 Å². The van der Waals surface area contributed by atoms with Gasteiger partial charge in [-0.15, -0.1) is 0 Å². The van der Waals surface area contributed by atoms with E-state index in [-0.39, 0.29) is 11.6 Å². The number of hydrogen-bond acceptors (Lipinski definition) is 3. The molecule has 0 aliphatic carbocycles. The zero-order chi connectivity index (χ0) is 18.6. The lowest BCUT2D eigenvalue weighted by molar-refractivity contribution is 0.128. The molecule has 1 heterocycles. The molecule has 0 aliphatic heterocycles. The molecule has 5 nitrogen and oxygen atoms in total. The summed E-state index contributed by atoms with van der Waals surface area (Å²) in [6.07, 6.45) is 7.77. The lowest BCUT2D eigenvalue weighted by atomic mass is 10.2. The SMILES string of the molecule is O=c1[nH]cc(O)n1-c1cccc(C#CCCCOCCCCCCBr)c1. The molecule has 0 unspecified atom stereocenters. The molecule has 2 N–H and O–H groups in total. The minimum absolute atomic E-state index is 0.121. The number of aromatic amines is 1. The number of hydrogen-bond donors (Lipinski definition) is 2. The minimum atomic E-state index is -0.378. The zero-order valence-corrected chi connectivity index (χ0v) is 16.4. The number of benzene rings is 1. The van der Waals surface area contributed by atoms with E-state index in [1.807, 2.05) is 12.1 Å². The van der Waals surface area contributed by atoms with Crippen molar-refractivity contribution in [1.82, 2.24) is 9.55 Å². The first-order valence-corrected chi connectivity index (χ1v) is 10.1. The van der Waals surface area contributed by atoms with E-state index >= 15 is 0 Å². The van der Waals surface area contributed by atoms with Gasteiger partial charge in [0.25, 0.3) is 0 Å². The van der Waals surface area contributed by atoms with Crippen LogP contribution in [0.4, 0.5) is 0 Å². The normalized spacial score (nSPS) is 10.5. The number of rotatable bonds is 10. The average Bonchev–Trinajstić information content (AvgIpc) is 2.98. The molecule has 1 aromatic heterocycles. The number of nitrogens with one attached hydrogen (secondary N) is 1. The van der Waals surface area contributed by atoms with Crippen molar-refractivity contribution in [2.24, 2.45) is 0 Å². The molecule has 0 radical (unpaired) electrons. The van der Waals surface area contributed by atoms with Gasteiger partial charge in [0.05, 0.1) is 11.9 Å². The fourth-order valence-corrected chi connectivity index (χ4v) is 2.91. The minimum Gasteiger partial charge on any atom is -0.493 e. The van der Waals surface area contributed by atoms with Crippen LogP contribution in [0.3, 0.4) is 0 Å². The van der Waals surface area contributed by atoms with Crippen molar-refractivity contribution in [1.29, 1.82) is 0 Å². The quantitative estimate of drug-likeness (QED) is 0.347. The smallest absolute Gasteiger partial charge is 0.333 e. The Morgan fingerprint density at radius 3 is 2.73 bits per heavy atom.